The molecule has 0 spiro atoms. The Morgan fingerprint density at radius 2 is 2.07 bits per heavy atom. The largest absolute Gasteiger partial charge is 0.337 e. The van der Waals surface area contributed by atoms with Crippen molar-refractivity contribution in [3.8, 4) is 10.7 Å². The van der Waals surface area contributed by atoms with Gasteiger partial charge in [0.15, 0.2) is 0 Å². The van der Waals surface area contributed by atoms with Crippen LogP contribution in [0.25, 0.3) is 10.7 Å². The van der Waals surface area contributed by atoms with E-state index in [2.05, 4.69) is 15.0 Å². The lowest BCUT2D eigenvalue weighted by atomic mass is 9.95. The third-order valence-corrected chi connectivity index (χ3v) is 6.38. The number of carbonyl (C=O) groups is 1. The second-order valence-electron chi connectivity index (χ2n) is 7.48. The molecule has 0 atom stereocenters. The van der Waals surface area contributed by atoms with E-state index in [0.29, 0.717) is 36.9 Å². The van der Waals surface area contributed by atoms with Crippen molar-refractivity contribution in [2.24, 2.45) is 5.92 Å². The molecule has 0 unspecified atom stereocenters. The highest BCUT2D eigenvalue weighted by Gasteiger charge is 2.29. The van der Waals surface area contributed by atoms with Crippen molar-refractivity contribution in [1.82, 2.24) is 19.9 Å². The fourth-order valence-electron chi connectivity index (χ4n) is 3.80. The zero-order valence-corrected chi connectivity index (χ0v) is 17.8. The second-order valence-corrected chi connectivity index (χ2v) is 8.43. The summed E-state index contributed by atoms with van der Waals surface area (Å²) >= 11 is 1.55. The third-order valence-electron chi connectivity index (χ3n) is 5.52. The van der Waals surface area contributed by atoms with Crippen LogP contribution in [0.4, 0.5) is 4.39 Å². The molecule has 0 saturated carbocycles. The topological polar surface area (TPSA) is 62.5 Å². The summed E-state index contributed by atoms with van der Waals surface area (Å²) in [5, 5.41) is 5.99. The number of halogens is 1. The Labute approximate surface area is 179 Å². The van der Waals surface area contributed by atoms with E-state index < -0.39 is 0 Å². The molecule has 1 aliphatic rings. The molecule has 1 aliphatic heterocycles. The Balaban J connectivity index is 1.32. The van der Waals surface area contributed by atoms with Crippen LogP contribution in [0.3, 0.4) is 0 Å². The van der Waals surface area contributed by atoms with Crippen LogP contribution in [0, 0.1) is 11.7 Å². The Morgan fingerprint density at radius 3 is 2.77 bits per heavy atom. The Morgan fingerprint density at radius 1 is 1.27 bits per heavy atom. The van der Waals surface area contributed by atoms with Gasteiger partial charge in [-0.2, -0.15) is 4.98 Å². The Bertz CT molecular complexity index is 967. The fraction of sp³-hybridized carbons (Fsp3) is 0.409. The molecule has 1 fully saturated rings. The van der Waals surface area contributed by atoms with Crippen LogP contribution < -0.4 is 0 Å². The first-order chi connectivity index (χ1) is 14.6. The van der Waals surface area contributed by atoms with Gasteiger partial charge >= 0.3 is 0 Å². The van der Waals surface area contributed by atoms with Crippen LogP contribution >= 0.6 is 11.3 Å². The summed E-state index contributed by atoms with van der Waals surface area (Å²) in [6.45, 7) is 5.02. The number of benzene rings is 1. The van der Waals surface area contributed by atoms with Gasteiger partial charge in [-0.25, -0.2) is 4.39 Å². The van der Waals surface area contributed by atoms with Crippen LogP contribution in [-0.4, -0.2) is 45.5 Å². The normalized spacial score (nSPS) is 15.4. The maximum absolute atomic E-state index is 13.9. The highest BCUT2D eigenvalue weighted by Crippen LogP contribution is 2.24. The van der Waals surface area contributed by atoms with E-state index in [1.165, 1.54) is 6.07 Å². The van der Waals surface area contributed by atoms with Gasteiger partial charge in [-0.15, -0.1) is 11.3 Å². The number of carbonyl (C=O) groups excluding carboxylic acids is 1. The van der Waals surface area contributed by atoms with Gasteiger partial charge < -0.3 is 9.42 Å². The summed E-state index contributed by atoms with van der Waals surface area (Å²) in [5.41, 5.74) is 0.704. The minimum atomic E-state index is -0.172. The van der Waals surface area contributed by atoms with Crippen LogP contribution in [0.15, 0.2) is 46.3 Å². The molecule has 0 N–H and O–H groups in total. The molecule has 0 radical (unpaired) electrons. The predicted molar refractivity (Wildman–Crippen MR) is 113 cm³/mol. The molecule has 8 heteroatoms. The molecular weight excluding hydrogens is 403 g/mol. The molecular formula is C22H25FN4O2S. The molecule has 4 rings (SSSR count). The highest BCUT2D eigenvalue weighted by molar-refractivity contribution is 7.13. The van der Waals surface area contributed by atoms with E-state index in [4.69, 9.17) is 4.52 Å². The van der Waals surface area contributed by atoms with Gasteiger partial charge in [-0.1, -0.05) is 29.4 Å². The average molecular weight is 429 g/mol. The summed E-state index contributed by atoms with van der Waals surface area (Å²) in [6.07, 6.45) is 1.54. The van der Waals surface area contributed by atoms with Crippen molar-refractivity contribution in [1.29, 1.82) is 0 Å². The number of hydrogen-bond donors (Lipinski definition) is 0. The van der Waals surface area contributed by atoms with E-state index in [1.54, 1.807) is 22.3 Å². The zero-order chi connectivity index (χ0) is 20.9. The maximum atomic E-state index is 13.9. The summed E-state index contributed by atoms with van der Waals surface area (Å²) in [4.78, 5) is 22.4. The van der Waals surface area contributed by atoms with Crippen molar-refractivity contribution in [2.75, 3.05) is 19.6 Å². The van der Waals surface area contributed by atoms with Crippen LogP contribution in [-0.2, 0) is 17.9 Å². The van der Waals surface area contributed by atoms with Gasteiger partial charge in [0.1, 0.15) is 5.82 Å². The number of hydrogen-bond acceptors (Lipinski definition) is 6. The monoisotopic (exact) mass is 428 g/mol. The van der Waals surface area contributed by atoms with E-state index in [0.717, 1.165) is 30.8 Å². The van der Waals surface area contributed by atoms with Crippen LogP contribution in [0.2, 0.25) is 0 Å². The van der Waals surface area contributed by atoms with Gasteiger partial charge in [-0.05, 0) is 50.4 Å². The first kappa shape index (κ1) is 20.7. The van der Waals surface area contributed by atoms with Crippen LogP contribution in [0.5, 0.6) is 0 Å². The predicted octanol–water partition coefficient (Wildman–Crippen LogP) is 4.20. The number of piperidine rings is 1. The first-order valence-electron chi connectivity index (χ1n) is 10.2. The summed E-state index contributed by atoms with van der Waals surface area (Å²) in [5.74, 6) is 0.935. The molecule has 6 nitrogen and oxygen atoms in total. The smallest absolute Gasteiger partial charge is 0.246 e. The minimum absolute atomic E-state index is 0.0264. The zero-order valence-electron chi connectivity index (χ0n) is 17.0. The molecule has 3 aromatic rings. The number of nitrogens with zero attached hydrogens (tertiary/aromatic N) is 4. The summed E-state index contributed by atoms with van der Waals surface area (Å²) in [7, 11) is 0. The lowest BCUT2D eigenvalue weighted by Gasteiger charge is -2.33. The van der Waals surface area contributed by atoms with Crippen molar-refractivity contribution in [3.63, 3.8) is 0 Å². The van der Waals surface area contributed by atoms with Gasteiger partial charge in [0.25, 0.3) is 0 Å². The van der Waals surface area contributed by atoms with Crippen molar-refractivity contribution < 1.29 is 13.7 Å². The quantitative estimate of drug-likeness (QED) is 0.564. The first-order valence-corrected chi connectivity index (χ1v) is 11.1. The van der Waals surface area contributed by atoms with Crippen molar-refractivity contribution in [2.45, 2.75) is 32.9 Å². The molecule has 2 aromatic heterocycles. The third kappa shape index (κ3) is 4.76. The van der Waals surface area contributed by atoms with Gasteiger partial charge in [0, 0.05) is 24.6 Å². The summed E-state index contributed by atoms with van der Waals surface area (Å²) < 4.78 is 19.3. The molecule has 158 valence electrons. The molecule has 30 heavy (non-hydrogen) atoms. The Hall–Kier alpha value is -2.58. The number of likely N-dealkylation sites (tertiary alicyclic amines) is 1. The van der Waals surface area contributed by atoms with Gasteiger partial charge in [0.05, 0.1) is 11.4 Å². The molecule has 3 heterocycles. The summed E-state index contributed by atoms with van der Waals surface area (Å²) in [6, 6.07) is 10.8. The minimum Gasteiger partial charge on any atom is -0.337 e. The van der Waals surface area contributed by atoms with E-state index in [1.807, 2.05) is 36.6 Å². The lowest BCUT2D eigenvalue weighted by Crippen LogP contribution is -2.42. The van der Waals surface area contributed by atoms with Gasteiger partial charge in [-0.3, -0.25) is 9.69 Å². The van der Waals surface area contributed by atoms with E-state index in [-0.39, 0.29) is 17.6 Å². The fourth-order valence-corrected chi connectivity index (χ4v) is 4.45. The average Bonchev–Trinajstić information content (AvgIpc) is 3.46. The standard InChI is InChI=1S/C22H25FN4O2S/c1-2-27(15-20-24-21(25-29-20)19-8-5-13-30-19)22(28)16-9-11-26(12-10-16)14-17-6-3-4-7-18(17)23/h3-8,13,16H,2,9-12,14-15H2,1H3. The highest BCUT2D eigenvalue weighted by atomic mass is 32.1. The molecule has 1 saturated heterocycles. The van der Waals surface area contributed by atoms with E-state index in [9.17, 15) is 9.18 Å². The van der Waals surface area contributed by atoms with Crippen LogP contribution in [0.1, 0.15) is 31.2 Å². The maximum Gasteiger partial charge on any atom is 0.246 e. The van der Waals surface area contributed by atoms with Crippen molar-refractivity contribution in [3.05, 3.63) is 59.0 Å². The molecule has 0 bridgehead atoms. The van der Waals surface area contributed by atoms with E-state index >= 15 is 0 Å². The number of amides is 1. The molecule has 0 aliphatic carbocycles. The van der Waals surface area contributed by atoms with Gasteiger partial charge in [0.2, 0.25) is 17.6 Å². The lowest BCUT2D eigenvalue weighted by molar-refractivity contribution is -0.137. The Kier molecular flexibility index (Phi) is 6.54. The molecule has 1 amide bonds. The van der Waals surface area contributed by atoms with Crippen molar-refractivity contribution >= 4 is 17.2 Å². The SMILES string of the molecule is CCN(Cc1nc(-c2cccs2)no1)C(=O)C1CCN(Cc2ccccc2F)CC1. The second kappa shape index (κ2) is 9.49. The number of thiophene rings is 1. The molecule has 1 aromatic carbocycles. The number of aromatic nitrogens is 2. The number of rotatable bonds is 7.